The first-order chi connectivity index (χ1) is 18.7. The number of Topliss-reactive ketones (excluding diaryl/α,β-unsaturated/α-hetero) is 1. The van der Waals surface area contributed by atoms with E-state index >= 15 is 0 Å². The van der Waals surface area contributed by atoms with Crippen LogP contribution in [-0.2, 0) is 24.0 Å². The van der Waals surface area contributed by atoms with Crippen LogP contribution in [0.1, 0.15) is 63.7 Å². The molecule has 2 saturated heterocycles. The van der Waals surface area contributed by atoms with Gasteiger partial charge in [0.1, 0.15) is 12.1 Å². The summed E-state index contributed by atoms with van der Waals surface area (Å²) in [5.41, 5.74) is 4.80. The van der Waals surface area contributed by atoms with E-state index in [4.69, 9.17) is 5.73 Å². The SMILES string of the molecule is CC(C)[C@H](NC(=O)[C@@H]1CCCN1C(=O)[C@H](C)NC(=O)[C@H](C)N)C(=O)c1cc([N+](=O)[O-])ccc1N1C(=O)CCC1=O. The van der Waals surface area contributed by atoms with Crippen molar-refractivity contribution in [3.8, 4) is 0 Å². The number of nitro benzene ring substituents is 1. The number of amides is 5. The smallest absolute Gasteiger partial charge is 0.270 e. The van der Waals surface area contributed by atoms with Crippen LogP contribution >= 0.6 is 0 Å². The van der Waals surface area contributed by atoms with E-state index in [1.165, 1.54) is 24.8 Å². The number of benzene rings is 1. The van der Waals surface area contributed by atoms with Gasteiger partial charge in [-0.3, -0.25) is 38.9 Å². The van der Waals surface area contributed by atoms with Crippen LogP contribution in [0.15, 0.2) is 18.2 Å². The van der Waals surface area contributed by atoms with Crippen molar-refractivity contribution in [1.82, 2.24) is 15.5 Å². The van der Waals surface area contributed by atoms with Gasteiger partial charge in [-0.2, -0.15) is 0 Å². The van der Waals surface area contributed by atoms with E-state index < -0.39 is 76.0 Å². The molecule has 1 aromatic carbocycles. The van der Waals surface area contributed by atoms with Crippen molar-refractivity contribution in [2.24, 2.45) is 11.7 Å². The lowest BCUT2D eigenvalue weighted by Gasteiger charge is -2.30. The predicted molar refractivity (Wildman–Crippen MR) is 142 cm³/mol. The van der Waals surface area contributed by atoms with Gasteiger partial charge in [-0.15, -0.1) is 0 Å². The summed E-state index contributed by atoms with van der Waals surface area (Å²) in [5, 5.41) is 16.7. The Morgan fingerprint density at radius 3 is 2.23 bits per heavy atom. The highest BCUT2D eigenvalue weighted by Crippen LogP contribution is 2.31. The van der Waals surface area contributed by atoms with Crippen molar-refractivity contribution in [2.75, 3.05) is 11.4 Å². The van der Waals surface area contributed by atoms with Crippen molar-refractivity contribution in [3.05, 3.63) is 33.9 Å². The van der Waals surface area contributed by atoms with E-state index in [0.29, 0.717) is 12.8 Å². The van der Waals surface area contributed by atoms with Gasteiger partial charge in [-0.1, -0.05) is 13.8 Å². The molecule has 0 radical (unpaired) electrons. The van der Waals surface area contributed by atoms with Crippen LogP contribution in [0, 0.1) is 16.0 Å². The average molecular weight is 559 g/mol. The van der Waals surface area contributed by atoms with Crippen molar-refractivity contribution >= 4 is 46.7 Å². The second-order valence-electron chi connectivity index (χ2n) is 10.4. The number of anilines is 1. The number of nitro groups is 1. The van der Waals surface area contributed by atoms with Crippen LogP contribution in [0.5, 0.6) is 0 Å². The molecule has 1 aromatic rings. The Hall–Kier alpha value is -4.20. The third-order valence-electron chi connectivity index (χ3n) is 6.98. The Bertz CT molecular complexity index is 1230. The second-order valence-corrected chi connectivity index (χ2v) is 10.4. The lowest BCUT2D eigenvalue weighted by atomic mass is 9.92. The number of non-ortho nitro benzene ring substituents is 1. The topological polar surface area (TPSA) is 202 Å². The Balaban J connectivity index is 1.88. The van der Waals surface area contributed by atoms with Crippen LogP contribution in [0.4, 0.5) is 11.4 Å². The predicted octanol–water partition coefficient (Wildman–Crippen LogP) is 0.415. The molecule has 14 heteroatoms. The van der Waals surface area contributed by atoms with Crippen LogP contribution in [0.2, 0.25) is 0 Å². The summed E-state index contributed by atoms with van der Waals surface area (Å²) >= 11 is 0. The monoisotopic (exact) mass is 558 g/mol. The average Bonchev–Trinajstić information content (AvgIpc) is 3.52. The number of nitrogens with zero attached hydrogens (tertiary/aromatic N) is 3. The molecule has 5 amide bonds. The number of imide groups is 1. The molecule has 2 fully saturated rings. The molecule has 0 aliphatic carbocycles. The number of carbonyl (C=O) groups is 6. The molecule has 2 aliphatic rings. The minimum absolute atomic E-state index is 0.0532. The molecule has 0 unspecified atom stereocenters. The molecule has 2 aliphatic heterocycles. The molecule has 3 rings (SSSR count). The fraction of sp³-hybridized carbons (Fsp3) is 0.538. The minimum atomic E-state index is -1.19. The summed E-state index contributed by atoms with van der Waals surface area (Å²) < 4.78 is 0. The van der Waals surface area contributed by atoms with Crippen LogP contribution in [0.3, 0.4) is 0 Å². The zero-order chi connectivity index (χ0) is 29.9. The molecule has 4 N–H and O–H groups in total. The molecule has 2 heterocycles. The van der Waals surface area contributed by atoms with E-state index in [1.54, 1.807) is 13.8 Å². The number of ketones is 1. The Labute approximate surface area is 230 Å². The molecule has 216 valence electrons. The van der Waals surface area contributed by atoms with Gasteiger partial charge in [0, 0.05) is 31.5 Å². The molecular weight excluding hydrogens is 524 g/mol. The fourth-order valence-electron chi connectivity index (χ4n) is 4.79. The second kappa shape index (κ2) is 12.3. The summed E-state index contributed by atoms with van der Waals surface area (Å²) in [6.07, 6.45) is 0.737. The first-order valence-electron chi connectivity index (χ1n) is 13.1. The van der Waals surface area contributed by atoms with Gasteiger partial charge in [-0.25, -0.2) is 4.90 Å². The van der Waals surface area contributed by atoms with Crippen LogP contribution < -0.4 is 21.3 Å². The van der Waals surface area contributed by atoms with Crippen molar-refractivity contribution in [1.29, 1.82) is 0 Å². The molecule has 14 nitrogen and oxygen atoms in total. The minimum Gasteiger partial charge on any atom is -0.344 e. The standard InChI is InChI=1S/C26H34N6O8/c1-13(2)22(29-25(37)19-6-5-11-30(19)26(38)15(4)28-24(36)14(3)27)23(35)17-12-16(32(39)40)7-8-18(17)31-20(33)9-10-21(31)34/h7-8,12-15,19,22H,5-6,9-11,27H2,1-4H3,(H,28,36)(H,29,37)/t14-,15-,19-,22-/m0/s1. The Kier molecular flexibility index (Phi) is 9.35. The Morgan fingerprint density at radius 1 is 1.05 bits per heavy atom. The molecule has 4 atom stereocenters. The summed E-state index contributed by atoms with van der Waals surface area (Å²) in [7, 11) is 0. The summed E-state index contributed by atoms with van der Waals surface area (Å²) in [4.78, 5) is 89.9. The number of nitrogens with two attached hydrogens (primary N) is 1. The molecule has 0 saturated carbocycles. The third-order valence-corrected chi connectivity index (χ3v) is 6.98. The number of hydrogen-bond donors (Lipinski definition) is 3. The Morgan fingerprint density at radius 2 is 1.68 bits per heavy atom. The molecule has 0 spiro atoms. The number of hydrogen-bond acceptors (Lipinski definition) is 9. The summed E-state index contributed by atoms with van der Waals surface area (Å²) in [6, 6.07) is -0.585. The van der Waals surface area contributed by atoms with Crippen molar-refractivity contribution < 1.29 is 33.7 Å². The van der Waals surface area contributed by atoms with Gasteiger partial charge in [0.05, 0.1) is 28.3 Å². The zero-order valence-electron chi connectivity index (χ0n) is 22.8. The van der Waals surface area contributed by atoms with Gasteiger partial charge in [-0.05, 0) is 38.7 Å². The van der Waals surface area contributed by atoms with E-state index in [2.05, 4.69) is 10.6 Å². The molecule has 0 aromatic heterocycles. The highest BCUT2D eigenvalue weighted by atomic mass is 16.6. The maximum Gasteiger partial charge on any atom is 0.270 e. The highest BCUT2D eigenvalue weighted by molar-refractivity contribution is 6.23. The summed E-state index contributed by atoms with van der Waals surface area (Å²) in [5.74, 6) is -3.90. The molecule has 40 heavy (non-hydrogen) atoms. The normalized spacial score (nSPS) is 19.4. The third kappa shape index (κ3) is 6.33. The first-order valence-corrected chi connectivity index (χ1v) is 13.1. The maximum atomic E-state index is 13.8. The number of rotatable bonds is 10. The van der Waals surface area contributed by atoms with Gasteiger partial charge in [0.25, 0.3) is 5.69 Å². The summed E-state index contributed by atoms with van der Waals surface area (Å²) in [6.45, 7) is 6.55. The number of carbonyl (C=O) groups excluding carboxylic acids is 6. The maximum absolute atomic E-state index is 13.8. The highest BCUT2D eigenvalue weighted by Gasteiger charge is 2.40. The molecular formula is C26H34N6O8. The van der Waals surface area contributed by atoms with Crippen molar-refractivity contribution in [2.45, 2.75) is 77.5 Å². The van der Waals surface area contributed by atoms with Gasteiger partial charge in [0.15, 0.2) is 5.78 Å². The quantitative estimate of drug-likeness (QED) is 0.157. The fourth-order valence-corrected chi connectivity index (χ4v) is 4.79. The molecule has 0 bridgehead atoms. The van der Waals surface area contributed by atoms with Crippen LogP contribution in [0.25, 0.3) is 0 Å². The number of nitrogens with one attached hydrogen (secondary N) is 2. The van der Waals surface area contributed by atoms with Gasteiger partial charge < -0.3 is 21.3 Å². The number of likely N-dealkylation sites (tertiary alicyclic amines) is 1. The zero-order valence-corrected chi connectivity index (χ0v) is 22.8. The largest absolute Gasteiger partial charge is 0.344 e. The lowest BCUT2D eigenvalue weighted by molar-refractivity contribution is -0.384. The van der Waals surface area contributed by atoms with E-state index in [9.17, 15) is 38.9 Å². The van der Waals surface area contributed by atoms with Gasteiger partial charge in [0.2, 0.25) is 29.5 Å². The van der Waals surface area contributed by atoms with E-state index in [0.717, 1.165) is 17.0 Å². The van der Waals surface area contributed by atoms with E-state index in [-0.39, 0.29) is 30.6 Å². The first kappa shape index (κ1) is 30.3. The van der Waals surface area contributed by atoms with Crippen LogP contribution in [-0.4, -0.2) is 75.9 Å². The van der Waals surface area contributed by atoms with Gasteiger partial charge >= 0.3 is 0 Å². The van der Waals surface area contributed by atoms with Crippen molar-refractivity contribution in [3.63, 3.8) is 0 Å². The van der Waals surface area contributed by atoms with E-state index in [1.807, 2.05) is 0 Å². The lowest BCUT2D eigenvalue weighted by Crippen LogP contribution is -2.56.